The molecule has 5 N–H and O–H groups in total. The minimum atomic E-state index is -3.74. The van der Waals surface area contributed by atoms with Gasteiger partial charge < -0.3 is 25.6 Å². The third-order valence-electron chi connectivity index (χ3n) is 6.46. The molecule has 1 aromatic carbocycles. The van der Waals surface area contributed by atoms with Gasteiger partial charge in [-0.2, -0.15) is 12.7 Å². The molecule has 0 radical (unpaired) electrons. The number of nitrogens with two attached hydrogens (primary N) is 2. The van der Waals surface area contributed by atoms with Crippen LogP contribution in [0, 0.1) is 5.41 Å². The second-order valence-electron chi connectivity index (χ2n) is 10.6. The SMILES string of the molecule is CN(C)S(=O)(=O)Nc1cccc(-c2c(OC(N)=O)c3n(c2C2CC2)CCN(OC(N)=O)C3C(C)(C)C)c1. The maximum atomic E-state index is 12.4. The summed E-state index contributed by atoms with van der Waals surface area (Å²) in [6.45, 7) is 6.80. The second kappa shape index (κ2) is 9.54. The molecule has 1 unspecified atom stereocenters. The Balaban J connectivity index is 1.96. The quantitative estimate of drug-likeness (QED) is 0.491. The first-order valence-corrected chi connectivity index (χ1v) is 13.4. The van der Waals surface area contributed by atoms with Crippen molar-refractivity contribution in [3.05, 3.63) is 35.7 Å². The van der Waals surface area contributed by atoms with E-state index in [4.69, 9.17) is 21.0 Å². The van der Waals surface area contributed by atoms with E-state index in [1.807, 2.05) is 26.8 Å². The number of carbonyl (C=O) groups excluding carboxylic acids is 2. The van der Waals surface area contributed by atoms with Crippen molar-refractivity contribution in [1.82, 2.24) is 13.9 Å². The summed E-state index contributed by atoms with van der Waals surface area (Å²) in [7, 11) is -0.867. The summed E-state index contributed by atoms with van der Waals surface area (Å²) in [6.07, 6.45) is -0.000406. The van der Waals surface area contributed by atoms with Crippen molar-refractivity contribution in [3.63, 3.8) is 0 Å². The molecule has 0 bridgehead atoms. The Morgan fingerprint density at radius 2 is 1.76 bits per heavy atom. The van der Waals surface area contributed by atoms with E-state index < -0.39 is 33.9 Å². The smallest absolute Gasteiger partial charge is 0.408 e. The van der Waals surface area contributed by atoms with E-state index in [-0.39, 0.29) is 11.7 Å². The average molecular weight is 535 g/mol. The van der Waals surface area contributed by atoms with Gasteiger partial charge in [-0.25, -0.2) is 9.59 Å². The number of rotatable bonds is 7. The van der Waals surface area contributed by atoms with Gasteiger partial charge in [0.05, 0.1) is 24.0 Å². The number of carbonyl (C=O) groups is 2. The van der Waals surface area contributed by atoms with Crippen molar-refractivity contribution < 1.29 is 27.6 Å². The van der Waals surface area contributed by atoms with Crippen molar-refractivity contribution in [2.24, 2.45) is 16.9 Å². The minimum Gasteiger partial charge on any atom is -0.408 e. The first-order chi connectivity index (χ1) is 17.2. The number of nitrogens with one attached hydrogen (secondary N) is 1. The number of aromatic nitrogens is 1. The van der Waals surface area contributed by atoms with Crippen molar-refractivity contribution in [3.8, 4) is 16.9 Å². The van der Waals surface area contributed by atoms with Crippen LogP contribution in [0.1, 0.15) is 57.0 Å². The zero-order valence-electron chi connectivity index (χ0n) is 21.6. The van der Waals surface area contributed by atoms with E-state index in [2.05, 4.69) is 9.29 Å². The van der Waals surface area contributed by atoms with Crippen LogP contribution in [-0.4, -0.2) is 55.2 Å². The van der Waals surface area contributed by atoms with E-state index >= 15 is 0 Å². The fraction of sp³-hybridized carbons (Fsp3) is 0.500. The van der Waals surface area contributed by atoms with Crippen LogP contribution < -0.4 is 20.9 Å². The van der Waals surface area contributed by atoms with Crippen molar-refractivity contribution in [2.45, 2.75) is 52.1 Å². The third kappa shape index (κ3) is 5.38. The summed E-state index contributed by atoms with van der Waals surface area (Å²) < 4.78 is 36.3. The molecule has 37 heavy (non-hydrogen) atoms. The monoisotopic (exact) mass is 534 g/mol. The highest BCUT2D eigenvalue weighted by Crippen LogP contribution is 2.55. The molecule has 1 saturated carbocycles. The number of anilines is 1. The lowest BCUT2D eigenvalue weighted by atomic mass is 9.83. The summed E-state index contributed by atoms with van der Waals surface area (Å²) in [5.41, 5.74) is 13.7. The number of ether oxygens (including phenoxy) is 1. The van der Waals surface area contributed by atoms with Gasteiger partial charge in [0, 0.05) is 37.8 Å². The Bertz CT molecular complexity index is 1330. The lowest BCUT2D eigenvalue weighted by molar-refractivity contribution is -0.168. The molecule has 0 saturated heterocycles. The zero-order chi connectivity index (χ0) is 27.3. The molecule has 2 aliphatic rings. The summed E-state index contributed by atoms with van der Waals surface area (Å²) in [6, 6.07) is 6.40. The zero-order valence-corrected chi connectivity index (χ0v) is 22.5. The average Bonchev–Trinajstić information content (AvgIpc) is 3.55. The van der Waals surface area contributed by atoms with Gasteiger partial charge in [-0.15, -0.1) is 5.06 Å². The van der Waals surface area contributed by atoms with E-state index in [9.17, 15) is 18.0 Å². The molecule has 1 fully saturated rings. The van der Waals surface area contributed by atoms with E-state index in [0.717, 1.165) is 22.8 Å². The normalized spacial score (nSPS) is 18.4. The molecule has 2 aromatic rings. The Morgan fingerprint density at radius 1 is 1.08 bits per heavy atom. The van der Waals surface area contributed by atoms with Gasteiger partial charge in [0.15, 0.2) is 5.75 Å². The third-order valence-corrected chi connectivity index (χ3v) is 7.92. The van der Waals surface area contributed by atoms with E-state index in [1.165, 1.54) is 19.2 Å². The van der Waals surface area contributed by atoms with Crippen LogP contribution in [0.25, 0.3) is 11.1 Å². The van der Waals surface area contributed by atoms with Crippen molar-refractivity contribution in [1.29, 1.82) is 0 Å². The number of fused-ring (bicyclic) bond motifs is 1. The molecule has 12 nitrogen and oxygen atoms in total. The number of nitrogens with zero attached hydrogens (tertiary/aromatic N) is 3. The van der Waals surface area contributed by atoms with Gasteiger partial charge in [0.2, 0.25) is 0 Å². The lowest BCUT2D eigenvalue weighted by Gasteiger charge is -2.42. The maximum absolute atomic E-state index is 12.4. The number of hydrogen-bond donors (Lipinski definition) is 3. The minimum absolute atomic E-state index is 0.227. The molecule has 1 aliphatic heterocycles. The van der Waals surface area contributed by atoms with Gasteiger partial charge in [-0.1, -0.05) is 32.9 Å². The lowest BCUT2D eigenvalue weighted by Crippen LogP contribution is -2.46. The molecule has 2 heterocycles. The number of hydroxylamine groups is 2. The number of hydrogen-bond acceptors (Lipinski definition) is 7. The molecule has 13 heteroatoms. The van der Waals surface area contributed by atoms with Gasteiger partial charge in [-0.05, 0) is 36.0 Å². The molecule has 1 aromatic heterocycles. The maximum Gasteiger partial charge on any atom is 0.423 e. The van der Waals surface area contributed by atoms with Gasteiger partial charge >= 0.3 is 22.4 Å². The summed E-state index contributed by atoms with van der Waals surface area (Å²) in [5, 5.41) is 1.52. The van der Waals surface area contributed by atoms with Crippen LogP contribution in [0.3, 0.4) is 0 Å². The predicted molar refractivity (Wildman–Crippen MR) is 138 cm³/mol. The Hall–Kier alpha value is -3.29. The van der Waals surface area contributed by atoms with Crippen LogP contribution in [-0.2, 0) is 21.6 Å². The molecule has 1 aliphatic carbocycles. The highest BCUT2D eigenvalue weighted by molar-refractivity contribution is 7.90. The van der Waals surface area contributed by atoms with Crippen molar-refractivity contribution >= 4 is 28.1 Å². The summed E-state index contributed by atoms with van der Waals surface area (Å²) >= 11 is 0. The molecule has 4 rings (SSSR count). The number of benzene rings is 1. The standard InChI is InChI=1S/C24H34N6O6S/c1-24(2,3)21-19-20(35-22(25)31)17(15-7-6-8-16(13-15)27-37(33,34)28(4)5)18(14-9-10-14)29(19)11-12-30(21)36-23(26)32/h6-8,13-14,21,27H,9-12H2,1-5H3,(H2,25,31)(H2,26,32). The molecular weight excluding hydrogens is 500 g/mol. The van der Waals surface area contributed by atoms with Crippen LogP contribution in [0.4, 0.5) is 15.3 Å². The topological polar surface area (TPSA) is 162 Å². The van der Waals surface area contributed by atoms with Crippen LogP contribution in [0.15, 0.2) is 24.3 Å². The number of primary amides is 2. The molecule has 1 atom stereocenters. The molecule has 2 amide bonds. The van der Waals surface area contributed by atoms with Crippen LogP contribution in [0.5, 0.6) is 5.75 Å². The fourth-order valence-corrected chi connectivity index (χ4v) is 5.51. The Labute approximate surface area is 216 Å². The molecule has 0 spiro atoms. The number of amides is 2. The Kier molecular flexibility index (Phi) is 6.90. The largest absolute Gasteiger partial charge is 0.423 e. The van der Waals surface area contributed by atoms with Gasteiger partial charge in [-0.3, -0.25) is 4.72 Å². The van der Waals surface area contributed by atoms with Gasteiger partial charge in [0.1, 0.15) is 0 Å². The predicted octanol–water partition coefficient (Wildman–Crippen LogP) is 3.12. The van der Waals surface area contributed by atoms with Crippen LogP contribution in [0.2, 0.25) is 0 Å². The van der Waals surface area contributed by atoms with Gasteiger partial charge in [0.25, 0.3) is 0 Å². The fourth-order valence-electron chi connectivity index (χ4n) is 4.91. The second-order valence-corrected chi connectivity index (χ2v) is 12.5. The Morgan fingerprint density at radius 3 is 2.30 bits per heavy atom. The van der Waals surface area contributed by atoms with Crippen LogP contribution >= 0.6 is 0 Å². The summed E-state index contributed by atoms with van der Waals surface area (Å²) in [4.78, 5) is 29.2. The first kappa shape index (κ1) is 26.8. The van der Waals surface area contributed by atoms with Crippen molar-refractivity contribution in [2.75, 3.05) is 25.4 Å². The molecular formula is C24H34N6O6S. The van der Waals surface area contributed by atoms with E-state index in [0.29, 0.717) is 35.6 Å². The highest BCUT2D eigenvalue weighted by Gasteiger charge is 2.46. The summed E-state index contributed by atoms with van der Waals surface area (Å²) in [5.74, 6) is 0.491. The highest BCUT2D eigenvalue weighted by atomic mass is 32.2. The first-order valence-electron chi connectivity index (χ1n) is 12.0. The van der Waals surface area contributed by atoms with E-state index in [1.54, 1.807) is 18.2 Å². The molecule has 202 valence electrons.